The molecule has 0 aliphatic carbocycles. The predicted molar refractivity (Wildman–Crippen MR) is 104 cm³/mol. The second-order valence-corrected chi connectivity index (χ2v) is 7.33. The minimum absolute atomic E-state index is 0.0660. The summed E-state index contributed by atoms with van der Waals surface area (Å²) in [4.78, 5) is 14.9. The number of amides is 1. The van der Waals surface area contributed by atoms with Gasteiger partial charge in [0.25, 0.3) is 5.91 Å². The van der Waals surface area contributed by atoms with Gasteiger partial charge in [-0.1, -0.05) is 23.7 Å². The van der Waals surface area contributed by atoms with Gasteiger partial charge in [0.05, 0.1) is 17.8 Å². The second kappa shape index (κ2) is 7.16. The average Bonchev–Trinajstić information content (AvgIpc) is 3.06. The fourth-order valence-corrected chi connectivity index (χ4v) is 3.69. The zero-order valence-electron chi connectivity index (χ0n) is 14.9. The lowest BCUT2D eigenvalue weighted by Crippen LogP contribution is -2.42. The van der Waals surface area contributed by atoms with Gasteiger partial charge < -0.3 is 4.90 Å². The minimum Gasteiger partial charge on any atom is -0.305 e. The molecule has 0 saturated carbocycles. The first-order valence-electron chi connectivity index (χ1n) is 8.90. The number of benzene rings is 2. The monoisotopic (exact) mass is 383 g/mol. The van der Waals surface area contributed by atoms with E-state index >= 15 is 0 Å². The highest BCUT2D eigenvalue weighted by atomic mass is 35.5. The van der Waals surface area contributed by atoms with Crippen molar-refractivity contribution in [2.24, 2.45) is 0 Å². The molecule has 0 N–H and O–H groups in total. The molecule has 27 heavy (non-hydrogen) atoms. The third-order valence-corrected chi connectivity index (χ3v) is 5.13. The summed E-state index contributed by atoms with van der Waals surface area (Å²) in [5.41, 5.74) is 3.32. The lowest BCUT2D eigenvalue weighted by atomic mass is 9.95. The van der Waals surface area contributed by atoms with E-state index in [1.807, 2.05) is 31.2 Å². The van der Waals surface area contributed by atoms with E-state index in [-0.39, 0.29) is 17.8 Å². The Morgan fingerprint density at radius 3 is 2.74 bits per heavy atom. The molecule has 0 saturated heterocycles. The number of carbonyl (C=O) groups is 1. The standard InChI is InChI=1S/C21H19ClFN3O/c1-14-2-5-17-10-19(23)8-9-20(17)26(14)21(27)16-6-3-15(4-7-16)12-25-13-18(22)11-24-25/h3-4,6-11,13-14H,2,5,12H2,1H3/t14-/m0/s1. The van der Waals surface area contributed by atoms with Gasteiger partial charge in [0.1, 0.15) is 5.82 Å². The summed E-state index contributed by atoms with van der Waals surface area (Å²) in [5.74, 6) is -0.331. The van der Waals surface area contributed by atoms with Crippen LogP contribution in [0.4, 0.5) is 10.1 Å². The number of aromatic nitrogens is 2. The van der Waals surface area contributed by atoms with Crippen molar-refractivity contribution in [1.29, 1.82) is 0 Å². The smallest absolute Gasteiger partial charge is 0.258 e. The van der Waals surface area contributed by atoms with Crippen LogP contribution < -0.4 is 4.90 Å². The third kappa shape index (κ3) is 3.60. The van der Waals surface area contributed by atoms with Crippen molar-refractivity contribution in [2.45, 2.75) is 32.4 Å². The first-order chi connectivity index (χ1) is 13.0. The first-order valence-corrected chi connectivity index (χ1v) is 9.28. The summed E-state index contributed by atoms with van der Waals surface area (Å²) in [6.45, 7) is 2.61. The Hall–Kier alpha value is -2.66. The Morgan fingerprint density at radius 1 is 1.26 bits per heavy atom. The van der Waals surface area contributed by atoms with Crippen molar-refractivity contribution in [2.75, 3.05) is 4.90 Å². The summed E-state index contributed by atoms with van der Waals surface area (Å²) in [5, 5.41) is 4.76. The third-order valence-electron chi connectivity index (χ3n) is 4.94. The zero-order valence-corrected chi connectivity index (χ0v) is 15.7. The summed E-state index contributed by atoms with van der Waals surface area (Å²) in [7, 11) is 0. The SMILES string of the molecule is C[C@H]1CCc2cc(F)ccc2N1C(=O)c1ccc(Cn2cc(Cl)cn2)cc1. The van der Waals surface area contributed by atoms with Crippen molar-refractivity contribution in [3.05, 3.63) is 82.4 Å². The van der Waals surface area contributed by atoms with Crippen LogP contribution in [0.2, 0.25) is 5.02 Å². The van der Waals surface area contributed by atoms with E-state index in [0.717, 1.165) is 29.7 Å². The van der Waals surface area contributed by atoms with E-state index in [0.29, 0.717) is 17.1 Å². The number of fused-ring (bicyclic) bond motifs is 1. The van der Waals surface area contributed by atoms with Gasteiger partial charge in [0, 0.05) is 23.5 Å². The highest BCUT2D eigenvalue weighted by Gasteiger charge is 2.29. The molecule has 2 heterocycles. The van der Waals surface area contributed by atoms with Crippen LogP contribution in [0, 0.1) is 5.82 Å². The zero-order chi connectivity index (χ0) is 19.0. The van der Waals surface area contributed by atoms with Gasteiger partial charge in [-0.05, 0) is 61.2 Å². The fraction of sp³-hybridized carbons (Fsp3) is 0.238. The van der Waals surface area contributed by atoms with Crippen LogP contribution in [-0.4, -0.2) is 21.7 Å². The van der Waals surface area contributed by atoms with Crippen molar-refractivity contribution in [3.63, 3.8) is 0 Å². The van der Waals surface area contributed by atoms with Crippen LogP contribution in [0.15, 0.2) is 54.9 Å². The maximum absolute atomic E-state index is 13.5. The molecule has 0 spiro atoms. The Bertz CT molecular complexity index is 983. The molecule has 0 fully saturated rings. The number of halogens is 2. The maximum Gasteiger partial charge on any atom is 0.258 e. The molecule has 1 aliphatic rings. The van der Waals surface area contributed by atoms with Gasteiger partial charge in [-0.25, -0.2) is 4.39 Å². The number of anilines is 1. The van der Waals surface area contributed by atoms with Crippen LogP contribution in [0.1, 0.15) is 34.8 Å². The lowest BCUT2D eigenvalue weighted by Gasteiger charge is -2.35. The van der Waals surface area contributed by atoms with E-state index in [9.17, 15) is 9.18 Å². The van der Waals surface area contributed by atoms with Crippen LogP contribution >= 0.6 is 11.6 Å². The summed E-state index contributed by atoms with van der Waals surface area (Å²) in [6.07, 6.45) is 4.95. The minimum atomic E-state index is -0.265. The predicted octanol–water partition coefficient (Wildman–Crippen LogP) is 4.71. The number of hydrogen-bond donors (Lipinski definition) is 0. The molecule has 4 rings (SSSR count). The van der Waals surface area contributed by atoms with Gasteiger partial charge in [0.15, 0.2) is 0 Å². The molecule has 1 atom stereocenters. The maximum atomic E-state index is 13.5. The summed E-state index contributed by atoms with van der Waals surface area (Å²) in [6, 6.07) is 12.2. The summed E-state index contributed by atoms with van der Waals surface area (Å²) < 4.78 is 15.3. The largest absolute Gasteiger partial charge is 0.305 e. The average molecular weight is 384 g/mol. The quantitative estimate of drug-likeness (QED) is 0.657. The Labute approximate surface area is 162 Å². The molecule has 3 aromatic rings. The lowest BCUT2D eigenvalue weighted by molar-refractivity contribution is 0.0975. The number of hydrogen-bond acceptors (Lipinski definition) is 2. The molecule has 0 unspecified atom stereocenters. The number of rotatable bonds is 3. The number of nitrogens with zero attached hydrogens (tertiary/aromatic N) is 3. The molecule has 1 amide bonds. The van der Waals surface area contributed by atoms with Crippen LogP contribution in [0.25, 0.3) is 0 Å². The molecule has 4 nitrogen and oxygen atoms in total. The van der Waals surface area contributed by atoms with Gasteiger partial charge >= 0.3 is 0 Å². The highest BCUT2D eigenvalue weighted by Crippen LogP contribution is 2.32. The van der Waals surface area contributed by atoms with E-state index in [1.54, 1.807) is 28.0 Å². The van der Waals surface area contributed by atoms with Crippen molar-refractivity contribution >= 4 is 23.2 Å². The first kappa shape index (κ1) is 17.7. The van der Waals surface area contributed by atoms with Crippen molar-refractivity contribution in [3.8, 4) is 0 Å². The molecule has 1 aliphatic heterocycles. The van der Waals surface area contributed by atoms with E-state index < -0.39 is 0 Å². The molecule has 138 valence electrons. The van der Waals surface area contributed by atoms with E-state index in [2.05, 4.69) is 5.10 Å². The van der Waals surface area contributed by atoms with Gasteiger partial charge in [-0.3, -0.25) is 9.48 Å². The topological polar surface area (TPSA) is 38.1 Å². The van der Waals surface area contributed by atoms with Crippen LogP contribution in [0.3, 0.4) is 0 Å². The normalized spacial score (nSPS) is 16.3. The van der Waals surface area contributed by atoms with E-state index in [4.69, 9.17) is 11.6 Å². The van der Waals surface area contributed by atoms with Crippen molar-refractivity contribution in [1.82, 2.24) is 9.78 Å². The molecule has 1 aromatic heterocycles. The van der Waals surface area contributed by atoms with E-state index in [1.165, 1.54) is 12.1 Å². The molecule has 0 bridgehead atoms. The number of carbonyl (C=O) groups excluding carboxylic acids is 1. The Morgan fingerprint density at radius 2 is 2.04 bits per heavy atom. The summed E-state index contributed by atoms with van der Waals surface area (Å²) >= 11 is 5.89. The van der Waals surface area contributed by atoms with Gasteiger partial charge in [0.2, 0.25) is 0 Å². The fourth-order valence-electron chi connectivity index (χ4n) is 3.53. The Balaban J connectivity index is 1.57. The molecular weight excluding hydrogens is 365 g/mol. The van der Waals surface area contributed by atoms with Gasteiger partial charge in [-0.15, -0.1) is 0 Å². The second-order valence-electron chi connectivity index (χ2n) is 6.89. The molecular formula is C21H19ClFN3O. The van der Waals surface area contributed by atoms with Gasteiger partial charge in [-0.2, -0.15) is 5.10 Å². The Kier molecular flexibility index (Phi) is 4.70. The molecule has 6 heteroatoms. The highest BCUT2D eigenvalue weighted by molar-refractivity contribution is 6.30. The molecule has 2 aromatic carbocycles. The van der Waals surface area contributed by atoms with Crippen molar-refractivity contribution < 1.29 is 9.18 Å². The van der Waals surface area contributed by atoms with Crippen LogP contribution in [0.5, 0.6) is 0 Å². The van der Waals surface area contributed by atoms with Crippen LogP contribution in [-0.2, 0) is 13.0 Å². The number of aryl methyl sites for hydroxylation is 1. The molecule has 0 radical (unpaired) electrons.